The van der Waals surface area contributed by atoms with E-state index in [0.717, 1.165) is 108 Å². The molecule has 1 aliphatic heterocycles. The molecule has 1 saturated heterocycles. The SMILES string of the molecule is C=C/C=C(N)\C=C1\CCCCC/C(c2ccc(OCCCC)c(C)c2)=C(/C/C=C\C(=C/C=C)O[C@H]2CCCN(CCCF)CC2)C1. The number of hydrogen-bond donors (Lipinski definition) is 1. The number of allylic oxidation sites excluding steroid dienone is 10. The van der Waals surface area contributed by atoms with Crippen LogP contribution in [0.2, 0.25) is 0 Å². The first kappa shape index (κ1) is 37.2. The molecule has 0 amide bonds. The number of likely N-dealkylation sites (tertiary alicyclic amines) is 1. The summed E-state index contributed by atoms with van der Waals surface area (Å²) < 4.78 is 25.3. The van der Waals surface area contributed by atoms with E-state index in [1.807, 2.05) is 12.2 Å². The highest BCUT2D eigenvalue weighted by Crippen LogP contribution is 2.36. The lowest BCUT2D eigenvalue weighted by atomic mass is 9.89. The van der Waals surface area contributed by atoms with Crippen LogP contribution in [0, 0.1) is 6.92 Å². The molecule has 0 radical (unpaired) electrons. The third-order valence-corrected chi connectivity index (χ3v) is 8.86. The molecular formula is C41H59FN2O2. The van der Waals surface area contributed by atoms with E-state index in [-0.39, 0.29) is 12.8 Å². The molecule has 1 fully saturated rings. The third-order valence-electron chi connectivity index (χ3n) is 8.86. The normalized spacial score (nSPS) is 21.8. The first-order valence-electron chi connectivity index (χ1n) is 17.6. The first-order chi connectivity index (χ1) is 22.5. The first-order valence-corrected chi connectivity index (χ1v) is 17.6. The van der Waals surface area contributed by atoms with Crippen LogP contribution in [0.15, 0.2) is 96.5 Å². The minimum absolute atomic E-state index is 0.154. The maximum Gasteiger partial charge on any atom is 0.122 e. The van der Waals surface area contributed by atoms with Crippen molar-refractivity contribution in [1.82, 2.24) is 4.90 Å². The van der Waals surface area contributed by atoms with Crippen LogP contribution in [-0.4, -0.2) is 43.9 Å². The Bertz CT molecular complexity index is 1250. The Balaban J connectivity index is 1.88. The fourth-order valence-corrected chi connectivity index (χ4v) is 6.40. The molecule has 1 atom stereocenters. The molecule has 2 N–H and O–H groups in total. The molecule has 0 bridgehead atoms. The van der Waals surface area contributed by atoms with Crippen LogP contribution in [-0.2, 0) is 4.74 Å². The third kappa shape index (κ3) is 13.2. The van der Waals surface area contributed by atoms with Crippen molar-refractivity contribution in [2.24, 2.45) is 5.73 Å². The summed E-state index contributed by atoms with van der Waals surface area (Å²) in [7, 11) is 0. The van der Waals surface area contributed by atoms with Crippen LogP contribution in [0.1, 0.15) is 102 Å². The number of ether oxygens (including phenoxy) is 2. The van der Waals surface area contributed by atoms with Gasteiger partial charge in [0, 0.05) is 18.8 Å². The van der Waals surface area contributed by atoms with Gasteiger partial charge in [-0.05, 0) is 137 Å². The van der Waals surface area contributed by atoms with Crippen molar-refractivity contribution in [3.05, 3.63) is 108 Å². The predicted molar refractivity (Wildman–Crippen MR) is 195 cm³/mol. The molecule has 3 rings (SSSR count). The van der Waals surface area contributed by atoms with Gasteiger partial charge in [-0.25, -0.2) is 0 Å². The van der Waals surface area contributed by atoms with Crippen LogP contribution in [0.4, 0.5) is 4.39 Å². The lowest BCUT2D eigenvalue weighted by molar-refractivity contribution is 0.110. The maximum absolute atomic E-state index is 12.7. The van der Waals surface area contributed by atoms with Gasteiger partial charge in [0.2, 0.25) is 0 Å². The second-order valence-electron chi connectivity index (χ2n) is 12.7. The van der Waals surface area contributed by atoms with Crippen molar-refractivity contribution < 1.29 is 13.9 Å². The van der Waals surface area contributed by atoms with Crippen LogP contribution >= 0.6 is 0 Å². The minimum atomic E-state index is -0.250. The zero-order chi connectivity index (χ0) is 33.0. The van der Waals surface area contributed by atoms with Gasteiger partial charge in [0.25, 0.3) is 0 Å². The Labute approximate surface area is 279 Å². The molecule has 252 valence electrons. The lowest BCUT2D eigenvalue weighted by Gasteiger charge is -2.20. The Morgan fingerprint density at radius 3 is 2.63 bits per heavy atom. The number of hydrogen-bond acceptors (Lipinski definition) is 4. The minimum Gasteiger partial charge on any atom is -0.493 e. The average Bonchev–Trinajstić information content (AvgIpc) is 3.21. The summed E-state index contributed by atoms with van der Waals surface area (Å²) in [4.78, 5) is 2.37. The van der Waals surface area contributed by atoms with Crippen LogP contribution in [0.3, 0.4) is 0 Å². The van der Waals surface area contributed by atoms with Crippen molar-refractivity contribution in [2.45, 2.75) is 103 Å². The second kappa shape index (κ2) is 21.5. The van der Waals surface area contributed by atoms with E-state index < -0.39 is 0 Å². The van der Waals surface area contributed by atoms with E-state index in [0.29, 0.717) is 6.42 Å². The summed E-state index contributed by atoms with van der Waals surface area (Å²) in [5.41, 5.74) is 13.8. The Morgan fingerprint density at radius 2 is 1.87 bits per heavy atom. The van der Waals surface area contributed by atoms with Gasteiger partial charge in [-0.3, -0.25) is 4.39 Å². The molecule has 46 heavy (non-hydrogen) atoms. The van der Waals surface area contributed by atoms with Crippen LogP contribution in [0.5, 0.6) is 5.75 Å². The van der Waals surface area contributed by atoms with Gasteiger partial charge < -0.3 is 20.1 Å². The van der Waals surface area contributed by atoms with Crippen molar-refractivity contribution in [2.75, 3.05) is 32.9 Å². The standard InChI is InChI=1S/C41H59FN2O2/c1-5-8-29-45-41-23-22-36(30-33(41)4)40-21-11-9-10-17-34(32-37(43)15-6-2)31-35(40)18-12-19-38(16-7-3)46-39-20-13-26-44(28-24-39)27-14-25-42/h6-7,12,15-16,19,22-23,30,32,39H,2-3,5,8-11,13-14,17-18,20-21,24-29,31,43H2,1,4H3/b19-12-,34-32-,37-15+,38-16+,40-35+/t39-/m0/s1. The van der Waals surface area contributed by atoms with Gasteiger partial charge in [-0.1, -0.05) is 68.4 Å². The number of rotatable bonds is 16. The van der Waals surface area contributed by atoms with Crippen LogP contribution < -0.4 is 10.5 Å². The molecule has 5 heteroatoms. The Morgan fingerprint density at radius 1 is 1.04 bits per heavy atom. The Hall–Kier alpha value is -3.31. The fourth-order valence-electron chi connectivity index (χ4n) is 6.40. The predicted octanol–water partition coefficient (Wildman–Crippen LogP) is 10.5. The molecule has 0 saturated carbocycles. The van der Waals surface area contributed by atoms with Gasteiger partial charge in [0.05, 0.1) is 19.4 Å². The maximum atomic E-state index is 12.7. The molecule has 0 aromatic heterocycles. The molecule has 1 aliphatic carbocycles. The monoisotopic (exact) mass is 630 g/mol. The quantitative estimate of drug-likeness (QED) is 0.112. The zero-order valence-corrected chi connectivity index (χ0v) is 28.7. The van der Waals surface area contributed by atoms with Crippen molar-refractivity contribution in [3.63, 3.8) is 0 Å². The lowest BCUT2D eigenvalue weighted by Crippen LogP contribution is -2.26. The highest BCUT2D eigenvalue weighted by atomic mass is 19.1. The number of aryl methyl sites for hydroxylation is 1. The summed E-state index contributed by atoms with van der Waals surface area (Å²) in [6.07, 6.45) is 27.2. The number of nitrogens with zero attached hydrogens (tertiary/aromatic N) is 1. The average molecular weight is 631 g/mol. The van der Waals surface area contributed by atoms with Gasteiger partial charge in [-0.2, -0.15) is 0 Å². The number of alkyl halides is 1. The summed E-state index contributed by atoms with van der Waals surface area (Å²) in [6, 6.07) is 6.71. The smallest absolute Gasteiger partial charge is 0.122 e. The van der Waals surface area contributed by atoms with Crippen LogP contribution in [0.25, 0.3) is 5.57 Å². The number of nitrogens with two attached hydrogens (primary N) is 1. The van der Waals surface area contributed by atoms with Crippen molar-refractivity contribution >= 4 is 5.57 Å². The number of unbranched alkanes of at least 4 members (excludes halogenated alkanes) is 1. The highest BCUT2D eigenvalue weighted by Gasteiger charge is 2.19. The van der Waals surface area contributed by atoms with Gasteiger partial charge >= 0.3 is 0 Å². The summed E-state index contributed by atoms with van der Waals surface area (Å²) in [5, 5.41) is 0. The molecule has 1 aromatic carbocycles. The van der Waals surface area contributed by atoms with Gasteiger partial charge in [-0.15, -0.1) is 0 Å². The van der Waals surface area contributed by atoms with E-state index in [2.05, 4.69) is 68.3 Å². The summed E-state index contributed by atoms with van der Waals surface area (Å²) in [6.45, 7) is 15.4. The molecule has 1 aromatic rings. The van der Waals surface area contributed by atoms with E-state index in [1.165, 1.54) is 40.7 Å². The van der Waals surface area contributed by atoms with E-state index in [4.69, 9.17) is 15.2 Å². The number of benzene rings is 1. The van der Waals surface area contributed by atoms with E-state index in [1.54, 1.807) is 12.2 Å². The number of halogens is 1. The zero-order valence-electron chi connectivity index (χ0n) is 28.7. The van der Waals surface area contributed by atoms with Gasteiger partial charge in [0.15, 0.2) is 0 Å². The van der Waals surface area contributed by atoms with Crippen molar-refractivity contribution in [1.29, 1.82) is 0 Å². The molecule has 2 aliphatic rings. The second-order valence-corrected chi connectivity index (χ2v) is 12.7. The molecule has 0 spiro atoms. The molecule has 4 nitrogen and oxygen atoms in total. The van der Waals surface area contributed by atoms with Gasteiger partial charge in [0.1, 0.15) is 11.5 Å². The summed E-state index contributed by atoms with van der Waals surface area (Å²) in [5.74, 6) is 1.83. The molecule has 1 heterocycles. The van der Waals surface area contributed by atoms with Crippen molar-refractivity contribution in [3.8, 4) is 5.75 Å². The Kier molecular flexibility index (Phi) is 17.3. The molecular weight excluding hydrogens is 571 g/mol. The fraction of sp³-hybridized carbons (Fsp3) is 0.512. The molecule has 0 unspecified atom stereocenters. The van der Waals surface area contributed by atoms with E-state index in [9.17, 15) is 4.39 Å². The largest absolute Gasteiger partial charge is 0.493 e. The topological polar surface area (TPSA) is 47.7 Å². The summed E-state index contributed by atoms with van der Waals surface area (Å²) >= 11 is 0. The highest BCUT2D eigenvalue weighted by molar-refractivity contribution is 5.71. The van der Waals surface area contributed by atoms with E-state index >= 15 is 0 Å².